The standard InChI is InChI=1S/C49H29N3O2/c1-3-12-30(13-4-1)31-22-24-33(25-23-31)47-50-48(34-26-27-43-40(28-34)36-17-9-10-20-42(36)53-43)52-49(51-47)38-19-11-21-44-45(38)41-29-39(32-14-5-2-6-15-32)35-16-7-8-18-37(35)46(41)54-44/h1-29H. The number of furan rings is 2. The SMILES string of the molecule is c1ccc(-c2ccc(-c3nc(-c4ccc5oc6ccccc6c5c4)nc(-c4cccc5oc6c7ccccc7c(-c7ccccc7)cc6c45)n3)cc2)cc1. The molecule has 0 atom stereocenters. The molecule has 3 heterocycles. The van der Waals surface area contributed by atoms with Crippen LogP contribution in [0.3, 0.4) is 0 Å². The van der Waals surface area contributed by atoms with E-state index in [1.807, 2.05) is 54.6 Å². The molecule has 252 valence electrons. The van der Waals surface area contributed by atoms with Crippen LogP contribution in [0, 0.1) is 0 Å². The van der Waals surface area contributed by atoms with E-state index in [0.717, 1.165) is 93.6 Å². The maximum atomic E-state index is 6.70. The van der Waals surface area contributed by atoms with Crippen LogP contribution < -0.4 is 0 Å². The summed E-state index contributed by atoms with van der Waals surface area (Å²) in [5, 5.41) is 6.25. The van der Waals surface area contributed by atoms with E-state index in [9.17, 15) is 0 Å². The summed E-state index contributed by atoms with van der Waals surface area (Å²) in [5.41, 5.74) is 10.5. The predicted molar refractivity (Wildman–Crippen MR) is 219 cm³/mol. The third kappa shape index (κ3) is 4.90. The number of fused-ring (bicyclic) bond motifs is 8. The van der Waals surface area contributed by atoms with E-state index in [0.29, 0.717) is 17.5 Å². The van der Waals surface area contributed by atoms with Crippen molar-refractivity contribution in [3.05, 3.63) is 176 Å². The Labute approximate surface area is 309 Å². The lowest BCUT2D eigenvalue weighted by molar-refractivity contribution is 0.669. The Balaban J connectivity index is 1.16. The van der Waals surface area contributed by atoms with Crippen LogP contribution in [0.4, 0.5) is 0 Å². The summed E-state index contributed by atoms with van der Waals surface area (Å²) >= 11 is 0. The minimum atomic E-state index is 0.571. The largest absolute Gasteiger partial charge is 0.456 e. The van der Waals surface area contributed by atoms with Crippen LogP contribution in [-0.2, 0) is 0 Å². The fraction of sp³-hybridized carbons (Fsp3) is 0. The lowest BCUT2D eigenvalue weighted by Gasteiger charge is -2.11. The Morgan fingerprint density at radius 3 is 1.67 bits per heavy atom. The second-order valence-corrected chi connectivity index (χ2v) is 13.6. The first-order chi connectivity index (χ1) is 26.7. The highest BCUT2D eigenvalue weighted by molar-refractivity contribution is 6.22. The molecule has 0 amide bonds. The van der Waals surface area contributed by atoms with Crippen LogP contribution in [0.5, 0.6) is 0 Å². The number of rotatable bonds is 5. The van der Waals surface area contributed by atoms with E-state index >= 15 is 0 Å². The maximum absolute atomic E-state index is 6.70. The zero-order valence-electron chi connectivity index (χ0n) is 28.9. The van der Waals surface area contributed by atoms with Crippen LogP contribution in [-0.4, -0.2) is 15.0 Å². The Hall–Kier alpha value is -7.37. The normalized spacial score (nSPS) is 11.7. The molecule has 0 unspecified atom stereocenters. The second-order valence-electron chi connectivity index (χ2n) is 13.6. The van der Waals surface area contributed by atoms with E-state index in [-0.39, 0.29) is 0 Å². The fourth-order valence-electron chi connectivity index (χ4n) is 7.75. The van der Waals surface area contributed by atoms with Crippen LogP contribution >= 0.6 is 0 Å². The predicted octanol–water partition coefficient (Wildman–Crippen LogP) is 13.2. The average Bonchev–Trinajstić information content (AvgIpc) is 3.82. The first-order valence-corrected chi connectivity index (χ1v) is 18.0. The molecule has 11 aromatic rings. The molecule has 0 aliphatic heterocycles. The number of para-hydroxylation sites is 1. The van der Waals surface area contributed by atoms with Gasteiger partial charge in [0.2, 0.25) is 0 Å². The van der Waals surface area contributed by atoms with Gasteiger partial charge in [0.15, 0.2) is 17.5 Å². The number of nitrogens with zero attached hydrogens (tertiary/aromatic N) is 3. The summed E-state index contributed by atoms with van der Waals surface area (Å²) in [7, 11) is 0. The molecule has 3 aromatic heterocycles. The van der Waals surface area contributed by atoms with Crippen molar-refractivity contribution in [2.24, 2.45) is 0 Å². The molecule has 0 aliphatic carbocycles. The lowest BCUT2D eigenvalue weighted by Crippen LogP contribution is -2.00. The van der Waals surface area contributed by atoms with Gasteiger partial charge in [-0.3, -0.25) is 0 Å². The molecule has 0 spiro atoms. The molecular weight excluding hydrogens is 663 g/mol. The summed E-state index contributed by atoms with van der Waals surface area (Å²) in [5.74, 6) is 1.74. The van der Waals surface area contributed by atoms with Crippen molar-refractivity contribution in [3.8, 4) is 56.4 Å². The topological polar surface area (TPSA) is 65.0 Å². The molecular formula is C49H29N3O2. The van der Waals surface area contributed by atoms with Crippen molar-refractivity contribution in [2.45, 2.75) is 0 Å². The van der Waals surface area contributed by atoms with E-state index in [2.05, 4.69) is 121 Å². The number of aromatic nitrogens is 3. The van der Waals surface area contributed by atoms with Gasteiger partial charge >= 0.3 is 0 Å². The van der Waals surface area contributed by atoms with Crippen molar-refractivity contribution in [1.29, 1.82) is 0 Å². The van der Waals surface area contributed by atoms with Gasteiger partial charge in [-0.15, -0.1) is 0 Å². The van der Waals surface area contributed by atoms with E-state index in [1.54, 1.807) is 0 Å². The molecule has 11 rings (SSSR count). The van der Waals surface area contributed by atoms with Gasteiger partial charge in [0.1, 0.15) is 22.3 Å². The number of benzene rings is 8. The van der Waals surface area contributed by atoms with Gasteiger partial charge in [0.25, 0.3) is 0 Å². The van der Waals surface area contributed by atoms with Crippen molar-refractivity contribution in [1.82, 2.24) is 15.0 Å². The monoisotopic (exact) mass is 691 g/mol. The highest BCUT2D eigenvalue weighted by atomic mass is 16.3. The first-order valence-electron chi connectivity index (χ1n) is 18.0. The summed E-state index contributed by atoms with van der Waals surface area (Å²) in [4.78, 5) is 15.5. The molecule has 0 bridgehead atoms. The van der Waals surface area contributed by atoms with Crippen LogP contribution in [0.1, 0.15) is 0 Å². The van der Waals surface area contributed by atoms with E-state index in [1.165, 1.54) is 0 Å². The summed E-state index contributed by atoms with van der Waals surface area (Å²) in [6.45, 7) is 0. The molecule has 8 aromatic carbocycles. The van der Waals surface area contributed by atoms with Crippen molar-refractivity contribution in [2.75, 3.05) is 0 Å². The van der Waals surface area contributed by atoms with Crippen LogP contribution in [0.2, 0.25) is 0 Å². The zero-order valence-corrected chi connectivity index (χ0v) is 28.9. The number of hydrogen-bond donors (Lipinski definition) is 0. The Bertz CT molecular complexity index is 3200. The molecule has 0 fully saturated rings. The van der Waals surface area contributed by atoms with Gasteiger partial charge in [0.05, 0.1) is 0 Å². The summed E-state index contributed by atoms with van der Waals surface area (Å²) in [6, 6.07) is 60.4. The highest BCUT2D eigenvalue weighted by Crippen LogP contribution is 2.43. The molecule has 5 nitrogen and oxygen atoms in total. The van der Waals surface area contributed by atoms with Crippen LogP contribution in [0.15, 0.2) is 185 Å². The average molecular weight is 692 g/mol. The van der Waals surface area contributed by atoms with E-state index < -0.39 is 0 Å². The van der Waals surface area contributed by atoms with Gasteiger partial charge in [-0.25, -0.2) is 15.0 Å². The summed E-state index contributed by atoms with van der Waals surface area (Å²) in [6.07, 6.45) is 0. The minimum Gasteiger partial charge on any atom is -0.456 e. The molecule has 0 radical (unpaired) electrons. The quantitative estimate of drug-likeness (QED) is 0.180. The van der Waals surface area contributed by atoms with Gasteiger partial charge in [-0.1, -0.05) is 140 Å². The van der Waals surface area contributed by atoms with Gasteiger partial charge < -0.3 is 8.83 Å². The van der Waals surface area contributed by atoms with Crippen molar-refractivity contribution in [3.63, 3.8) is 0 Å². The van der Waals surface area contributed by atoms with E-state index in [4.69, 9.17) is 23.8 Å². The molecule has 54 heavy (non-hydrogen) atoms. The van der Waals surface area contributed by atoms with Crippen molar-refractivity contribution < 1.29 is 8.83 Å². The highest BCUT2D eigenvalue weighted by Gasteiger charge is 2.21. The lowest BCUT2D eigenvalue weighted by atomic mass is 9.94. The molecule has 0 saturated heterocycles. The van der Waals surface area contributed by atoms with Crippen LogP contribution in [0.25, 0.3) is 111 Å². The smallest absolute Gasteiger partial charge is 0.164 e. The molecule has 0 saturated carbocycles. The zero-order chi connectivity index (χ0) is 35.6. The minimum absolute atomic E-state index is 0.571. The Kier molecular flexibility index (Phi) is 6.79. The molecule has 0 N–H and O–H groups in total. The summed E-state index contributed by atoms with van der Waals surface area (Å²) < 4.78 is 12.9. The Morgan fingerprint density at radius 2 is 0.870 bits per heavy atom. The third-order valence-corrected chi connectivity index (χ3v) is 10.3. The second kappa shape index (κ2) is 12.1. The first kappa shape index (κ1) is 30.3. The maximum Gasteiger partial charge on any atom is 0.164 e. The number of hydrogen-bond acceptors (Lipinski definition) is 5. The van der Waals surface area contributed by atoms with Gasteiger partial charge in [0, 0.05) is 43.6 Å². The third-order valence-electron chi connectivity index (χ3n) is 10.3. The van der Waals surface area contributed by atoms with Gasteiger partial charge in [-0.2, -0.15) is 0 Å². The van der Waals surface area contributed by atoms with Crippen molar-refractivity contribution >= 4 is 54.6 Å². The molecule has 5 heteroatoms. The van der Waals surface area contributed by atoms with Gasteiger partial charge in [-0.05, 0) is 64.0 Å². The fourth-order valence-corrected chi connectivity index (χ4v) is 7.75. The molecule has 0 aliphatic rings. The Morgan fingerprint density at radius 1 is 0.296 bits per heavy atom.